The molecule has 5 nitrogen and oxygen atoms in total. The first-order chi connectivity index (χ1) is 9.79. The second kappa shape index (κ2) is 5.36. The van der Waals surface area contributed by atoms with Crippen molar-refractivity contribution in [2.24, 2.45) is 12.2 Å². The van der Waals surface area contributed by atoms with Gasteiger partial charge in [-0.1, -0.05) is 17.3 Å². The van der Waals surface area contributed by atoms with Crippen LogP contribution in [0.15, 0.2) is 35.7 Å². The predicted octanol–water partition coefficient (Wildman–Crippen LogP) is 2.17. The Morgan fingerprint density at radius 1 is 1.40 bits per heavy atom. The van der Waals surface area contributed by atoms with Gasteiger partial charge in [0.1, 0.15) is 11.6 Å². The van der Waals surface area contributed by atoms with E-state index in [1.165, 1.54) is 0 Å². The van der Waals surface area contributed by atoms with E-state index in [0.29, 0.717) is 6.61 Å². The molecule has 0 saturated carbocycles. The van der Waals surface area contributed by atoms with Crippen LogP contribution in [0.4, 0.5) is 0 Å². The number of benzene rings is 1. The molecule has 104 valence electrons. The summed E-state index contributed by atoms with van der Waals surface area (Å²) in [6.07, 6.45) is 6.13. The SMILES string of the molecule is Cn1ccnc1CCOc1cccc2c1CC/C2=N\O. The van der Waals surface area contributed by atoms with E-state index in [1.54, 1.807) is 6.20 Å². The topological polar surface area (TPSA) is 59.6 Å². The molecule has 0 saturated heterocycles. The van der Waals surface area contributed by atoms with Crippen LogP contribution in [-0.4, -0.2) is 27.1 Å². The molecule has 1 aliphatic carbocycles. The Morgan fingerprint density at radius 2 is 2.30 bits per heavy atom. The number of aromatic nitrogens is 2. The lowest BCUT2D eigenvalue weighted by Crippen LogP contribution is -2.07. The normalized spacial score (nSPS) is 15.6. The van der Waals surface area contributed by atoms with Crippen molar-refractivity contribution in [2.75, 3.05) is 6.61 Å². The van der Waals surface area contributed by atoms with E-state index in [0.717, 1.165) is 47.7 Å². The van der Waals surface area contributed by atoms with Crippen molar-refractivity contribution in [2.45, 2.75) is 19.3 Å². The molecule has 3 rings (SSSR count). The van der Waals surface area contributed by atoms with Crippen LogP contribution in [-0.2, 0) is 19.9 Å². The van der Waals surface area contributed by atoms with Gasteiger partial charge in [0.25, 0.3) is 0 Å². The van der Waals surface area contributed by atoms with Crippen molar-refractivity contribution in [1.82, 2.24) is 9.55 Å². The summed E-state index contributed by atoms with van der Waals surface area (Å²) in [7, 11) is 1.98. The van der Waals surface area contributed by atoms with Gasteiger partial charge in [-0.05, 0) is 18.9 Å². The lowest BCUT2D eigenvalue weighted by Gasteiger charge is -2.10. The van der Waals surface area contributed by atoms with Crippen LogP contribution < -0.4 is 4.74 Å². The molecule has 1 aliphatic rings. The van der Waals surface area contributed by atoms with Gasteiger partial charge < -0.3 is 14.5 Å². The van der Waals surface area contributed by atoms with Gasteiger partial charge in [0.05, 0.1) is 12.3 Å². The molecule has 0 aliphatic heterocycles. The number of fused-ring (bicyclic) bond motifs is 1. The highest BCUT2D eigenvalue weighted by atomic mass is 16.5. The number of hydrogen-bond donors (Lipinski definition) is 1. The lowest BCUT2D eigenvalue weighted by atomic mass is 10.1. The minimum absolute atomic E-state index is 0.590. The molecule has 0 fully saturated rings. The molecule has 1 aromatic carbocycles. The number of aryl methyl sites for hydroxylation is 1. The van der Waals surface area contributed by atoms with Gasteiger partial charge in [-0.3, -0.25) is 0 Å². The summed E-state index contributed by atoms with van der Waals surface area (Å²) in [5, 5.41) is 12.3. The number of imidazole rings is 1. The Kier molecular flexibility index (Phi) is 3.41. The highest BCUT2D eigenvalue weighted by molar-refractivity contribution is 6.04. The zero-order valence-electron chi connectivity index (χ0n) is 11.4. The van der Waals surface area contributed by atoms with Crippen molar-refractivity contribution in [3.05, 3.63) is 47.5 Å². The van der Waals surface area contributed by atoms with Crippen LogP contribution in [0.25, 0.3) is 0 Å². The zero-order chi connectivity index (χ0) is 13.9. The van der Waals surface area contributed by atoms with Gasteiger partial charge in [-0.15, -0.1) is 0 Å². The van der Waals surface area contributed by atoms with Crippen LogP contribution >= 0.6 is 0 Å². The predicted molar refractivity (Wildman–Crippen MR) is 75.5 cm³/mol. The quantitative estimate of drug-likeness (QED) is 0.685. The van der Waals surface area contributed by atoms with Crippen molar-refractivity contribution in [1.29, 1.82) is 0 Å². The fraction of sp³-hybridized carbons (Fsp3) is 0.333. The summed E-state index contributed by atoms with van der Waals surface area (Å²) in [6.45, 7) is 0.590. The van der Waals surface area contributed by atoms with Crippen molar-refractivity contribution < 1.29 is 9.94 Å². The molecule has 1 aromatic heterocycles. The van der Waals surface area contributed by atoms with E-state index in [2.05, 4.69) is 10.1 Å². The lowest BCUT2D eigenvalue weighted by molar-refractivity contribution is 0.314. The third kappa shape index (κ3) is 2.27. The summed E-state index contributed by atoms with van der Waals surface area (Å²) in [6, 6.07) is 5.88. The minimum Gasteiger partial charge on any atom is -0.493 e. The van der Waals surface area contributed by atoms with Gasteiger partial charge in [0.2, 0.25) is 0 Å². The monoisotopic (exact) mass is 271 g/mol. The molecule has 2 aromatic rings. The molecule has 0 bridgehead atoms. The molecule has 0 amide bonds. The molecule has 20 heavy (non-hydrogen) atoms. The van der Waals surface area contributed by atoms with Gasteiger partial charge in [-0.25, -0.2) is 4.98 Å². The zero-order valence-corrected chi connectivity index (χ0v) is 11.4. The number of rotatable bonds is 4. The molecular weight excluding hydrogens is 254 g/mol. The van der Waals surface area contributed by atoms with E-state index < -0.39 is 0 Å². The maximum absolute atomic E-state index is 8.97. The second-order valence-electron chi connectivity index (χ2n) is 4.88. The Morgan fingerprint density at radius 3 is 3.05 bits per heavy atom. The molecule has 0 radical (unpaired) electrons. The fourth-order valence-corrected chi connectivity index (χ4v) is 2.60. The van der Waals surface area contributed by atoms with Gasteiger partial charge in [-0.2, -0.15) is 0 Å². The van der Waals surface area contributed by atoms with Crippen LogP contribution in [0.1, 0.15) is 23.4 Å². The smallest absolute Gasteiger partial charge is 0.123 e. The van der Waals surface area contributed by atoms with Crippen LogP contribution in [0.3, 0.4) is 0 Å². The maximum atomic E-state index is 8.97. The largest absolute Gasteiger partial charge is 0.493 e. The Bertz CT molecular complexity index is 646. The summed E-state index contributed by atoms with van der Waals surface area (Å²) < 4.78 is 7.88. The van der Waals surface area contributed by atoms with Crippen LogP contribution in [0, 0.1) is 0 Å². The van der Waals surface area contributed by atoms with Crippen molar-refractivity contribution in [3.8, 4) is 5.75 Å². The maximum Gasteiger partial charge on any atom is 0.123 e. The number of oxime groups is 1. The number of hydrogen-bond acceptors (Lipinski definition) is 4. The first-order valence-corrected chi connectivity index (χ1v) is 6.72. The first kappa shape index (κ1) is 12.7. The summed E-state index contributed by atoms with van der Waals surface area (Å²) in [5.41, 5.74) is 2.89. The molecule has 1 heterocycles. The van der Waals surface area contributed by atoms with Crippen molar-refractivity contribution >= 4 is 5.71 Å². The Hall–Kier alpha value is -2.30. The van der Waals surface area contributed by atoms with E-state index >= 15 is 0 Å². The molecule has 0 spiro atoms. The molecule has 0 atom stereocenters. The van der Waals surface area contributed by atoms with Gasteiger partial charge >= 0.3 is 0 Å². The average Bonchev–Trinajstić information content (AvgIpc) is 3.06. The Labute approximate surface area is 117 Å². The molecule has 0 unspecified atom stereocenters. The number of ether oxygens (including phenoxy) is 1. The standard InChI is InChI=1S/C15H17N3O2/c1-18-9-8-16-15(18)7-10-20-14-4-2-3-11-12(14)5-6-13(11)17-19/h2-4,8-9,19H,5-7,10H2,1H3/b17-13+. The van der Waals surface area contributed by atoms with E-state index in [-0.39, 0.29) is 0 Å². The molecular formula is C15H17N3O2. The van der Waals surface area contributed by atoms with Crippen LogP contribution in [0.5, 0.6) is 5.75 Å². The third-order valence-electron chi connectivity index (χ3n) is 3.68. The minimum atomic E-state index is 0.590. The Balaban J connectivity index is 1.70. The van der Waals surface area contributed by atoms with Crippen molar-refractivity contribution in [3.63, 3.8) is 0 Å². The van der Waals surface area contributed by atoms with E-state index in [9.17, 15) is 0 Å². The van der Waals surface area contributed by atoms with Gasteiger partial charge in [0, 0.05) is 37.0 Å². The fourth-order valence-electron chi connectivity index (χ4n) is 2.60. The van der Waals surface area contributed by atoms with E-state index in [4.69, 9.17) is 9.94 Å². The molecule has 1 N–H and O–H groups in total. The van der Waals surface area contributed by atoms with E-state index in [1.807, 2.05) is 36.0 Å². The number of nitrogens with zero attached hydrogens (tertiary/aromatic N) is 3. The average molecular weight is 271 g/mol. The second-order valence-corrected chi connectivity index (χ2v) is 4.88. The first-order valence-electron chi connectivity index (χ1n) is 6.72. The highest BCUT2D eigenvalue weighted by Crippen LogP contribution is 2.30. The highest BCUT2D eigenvalue weighted by Gasteiger charge is 2.21. The summed E-state index contributed by atoms with van der Waals surface area (Å²) >= 11 is 0. The summed E-state index contributed by atoms with van der Waals surface area (Å²) in [4.78, 5) is 4.28. The third-order valence-corrected chi connectivity index (χ3v) is 3.68. The van der Waals surface area contributed by atoms with Gasteiger partial charge in [0.15, 0.2) is 0 Å². The molecule has 5 heteroatoms. The van der Waals surface area contributed by atoms with Crippen LogP contribution in [0.2, 0.25) is 0 Å². The summed E-state index contributed by atoms with van der Waals surface area (Å²) in [5.74, 6) is 1.89.